The van der Waals surface area contributed by atoms with Crippen molar-refractivity contribution >= 4 is 11.7 Å². The van der Waals surface area contributed by atoms with Crippen LogP contribution in [0.3, 0.4) is 0 Å². The van der Waals surface area contributed by atoms with Crippen molar-refractivity contribution < 1.29 is 18.7 Å². The first-order chi connectivity index (χ1) is 12.1. The van der Waals surface area contributed by atoms with Gasteiger partial charge in [0.05, 0.1) is 0 Å². The SMILES string of the molecule is O=C(Nc1ccc(-c2nccn2C(F)F)cc1)N[C@@H]1C=C[C@H](CO)C1. The van der Waals surface area contributed by atoms with E-state index in [2.05, 4.69) is 15.6 Å². The van der Waals surface area contributed by atoms with E-state index in [9.17, 15) is 13.6 Å². The van der Waals surface area contributed by atoms with E-state index in [4.69, 9.17) is 5.11 Å². The molecule has 0 bridgehead atoms. The summed E-state index contributed by atoms with van der Waals surface area (Å²) in [7, 11) is 0. The van der Waals surface area contributed by atoms with Gasteiger partial charge in [-0.05, 0) is 30.7 Å². The summed E-state index contributed by atoms with van der Waals surface area (Å²) in [5.74, 6) is 0.236. The Morgan fingerprint density at radius 2 is 2.08 bits per heavy atom. The first-order valence-corrected chi connectivity index (χ1v) is 7.85. The molecule has 0 aliphatic heterocycles. The molecule has 3 N–H and O–H groups in total. The number of hydrogen-bond acceptors (Lipinski definition) is 3. The highest BCUT2D eigenvalue weighted by molar-refractivity contribution is 5.89. The van der Waals surface area contributed by atoms with E-state index < -0.39 is 6.55 Å². The lowest BCUT2D eigenvalue weighted by atomic mass is 10.1. The van der Waals surface area contributed by atoms with E-state index in [1.54, 1.807) is 24.3 Å². The van der Waals surface area contributed by atoms with Crippen LogP contribution in [0.15, 0.2) is 48.8 Å². The number of aromatic nitrogens is 2. The third-order valence-corrected chi connectivity index (χ3v) is 4.00. The second kappa shape index (κ2) is 7.43. The van der Waals surface area contributed by atoms with Crippen LogP contribution in [0.25, 0.3) is 11.4 Å². The largest absolute Gasteiger partial charge is 0.396 e. The van der Waals surface area contributed by atoms with E-state index in [0.29, 0.717) is 17.7 Å². The van der Waals surface area contributed by atoms with Crippen molar-refractivity contribution in [3.63, 3.8) is 0 Å². The summed E-state index contributed by atoms with van der Waals surface area (Å²) in [5.41, 5.74) is 1.07. The van der Waals surface area contributed by atoms with E-state index >= 15 is 0 Å². The molecule has 2 aromatic rings. The molecule has 1 aliphatic carbocycles. The molecule has 6 nitrogen and oxygen atoms in total. The molecule has 0 unspecified atom stereocenters. The number of urea groups is 1. The van der Waals surface area contributed by atoms with Gasteiger partial charge in [-0.1, -0.05) is 12.2 Å². The van der Waals surface area contributed by atoms with Crippen LogP contribution in [-0.4, -0.2) is 33.3 Å². The molecule has 3 rings (SSSR count). The summed E-state index contributed by atoms with van der Waals surface area (Å²) in [5, 5.41) is 14.6. The van der Waals surface area contributed by atoms with E-state index in [-0.39, 0.29) is 30.4 Å². The molecule has 8 heteroatoms. The number of hydrogen-bond donors (Lipinski definition) is 3. The molecule has 0 saturated heterocycles. The highest BCUT2D eigenvalue weighted by atomic mass is 19.3. The van der Waals surface area contributed by atoms with Crippen LogP contribution < -0.4 is 10.6 Å². The first kappa shape index (κ1) is 17.1. The van der Waals surface area contributed by atoms with E-state index in [0.717, 1.165) is 4.57 Å². The molecule has 25 heavy (non-hydrogen) atoms. The van der Waals surface area contributed by atoms with Gasteiger partial charge >= 0.3 is 12.6 Å². The number of benzene rings is 1. The highest BCUT2D eigenvalue weighted by Gasteiger charge is 2.19. The van der Waals surface area contributed by atoms with Gasteiger partial charge in [0.15, 0.2) is 0 Å². The molecule has 1 heterocycles. The molecule has 132 valence electrons. The number of amides is 2. The molecular weight excluding hydrogens is 330 g/mol. The Hall–Kier alpha value is -2.74. The number of rotatable bonds is 5. The summed E-state index contributed by atoms with van der Waals surface area (Å²) < 4.78 is 26.5. The fourth-order valence-electron chi connectivity index (χ4n) is 2.75. The zero-order chi connectivity index (χ0) is 17.8. The fourth-order valence-corrected chi connectivity index (χ4v) is 2.75. The topological polar surface area (TPSA) is 79.2 Å². The molecule has 2 atom stereocenters. The van der Waals surface area contributed by atoms with Crippen LogP contribution in [0.1, 0.15) is 13.0 Å². The van der Waals surface area contributed by atoms with Gasteiger partial charge in [0.25, 0.3) is 0 Å². The van der Waals surface area contributed by atoms with Crippen molar-refractivity contribution in [2.24, 2.45) is 5.92 Å². The molecule has 1 aromatic heterocycles. The predicted molar refractivity (Wildman–Crippen MR) is 89.2 cm³/mol. The van der Waals surface area contributed by atoms with Crippen molar-refractivity contribution in [3.05, 3.63) is 48.8 Å². The Labute approximate surface area is 143 Å². The van der Waals surface area contributed by atoms with Gasteiger partial charge in [-0.3, -0.25) is 4.57 Å². The van der Waals surface area contributed by atoms with Crippen LogP contribution in [0.5, 0.6) is 0 Å². The number of alkyl halides is 2. The molecular formula is C17H18F2N4O2. The number of aliphatic hydroxyl groups is 1. The van der Waals surface area contributed by atoms with Crippen molar-refractivity contribution in [3.8, 4) is 11.4 Å². The smallest absolute Gasteiger partial charge is 0.320 e. The molecule has 0 spiro atoms. The Balaban J connectivity index is 1.60. The molecule has 1 aromatic carbocycles. The minimum Gasteiger partial charge on any atom is -0.396 e. The quantitative estimate of drug-likeness (QED) is 0.727. The van der Waals surface area contributed by atoms with Gasteiger partial charge in [-0.2, -0.15) is 8.78 Å². The third kappa shape index (κ3) is 4.03. The van der Waals surface area contributed by atoms with Crippen molar-refractivity contribution in [2.45, 2.75) is 19.0 Å². The number of carbonyl (C=O) groups excluding carboxylic acids is 1. The Morgan fingerprint density at radius 3 is 2.72 bits per heavy atom. The maximum atomic E-state index is 12.9. The van der Waals surface area contributed by atoms with E-state index in [1.165, 1.54) is 12.4 Å². The normalized spacial score (nSPS) is 19.4. The molecule has 0 radical (unpaired) electrons. The Morgan fingerprint density at radius 1 is 1.32 bits per heavy atom. The lowest BCUT2D eigenvalue weighted by molar-refractivity contribution is 0.0720. The van der Waals surface area contributed by atoms with Crippen LogP contribution in [0.4, 0.5) is 19.3 Å². The summed E-state index contributed by atoms with van der Waals surface area (Å²) >= 11 is 0. The maximum absolute atomic E-state index is 12.9. The number of carbonyl (C=O) groups is 1. The lowest BCUT2D eigenvalue weighted by Crippen LogP contribution is -2.36. The van der Waals surface area contributed by atoms with Crippen molar-refractivity contribution in [1.29, 1.82) is 0 Å². The first-order valence-electron chi connectivity index (χ1n) is 7.85. The lowest BCUT2D eigenvalue weighted by Gasteiger charge is -2.14. The van der Waals surface area contributed by atoms with Crippen molar-refractivity contribution in [1.82, 2.24) is 14.9 Å². The van der Waals surface area contributed by atoms with Crippen LogP contribution in [0, 0.1) is 5.92 Å². The van der Waals surface area contributed by atoms with Crippen LogP contribution in [-0.2, 0) is 0 Å². The molecule has 1 aliphatic rings. The van der Waals surface area contributed by atoms with Gasteiger partial charge in [-0.15, -0.1) is 0 Å². The van der Waals surface area contributed by atoms with Gasteiger partial charge < -0.3 is 15.7 Å². The maximum Gasteiger partial charge on any atom is 0.320 e. The molecule has 0 saturated carbocycles. The second-order valence-corrected chi connectivity index (χ2v) is 5.78. The Kier molecular flexibility index (Phi) is 5.08. The zero-order valence-electron chi connectivity index (χ0n) is 13.3. The Bertz CT molecular complexity index is 758. The third-order valence-electron chi connectivity index (χ3n) is 4.00. The van der Waals surface area contributed by atoms with Crippen LogP contribution in [0.2, 0.25) is 0 Å². The monoisotopic (exact) mass is 348 g/mol. The van der Waals surface area contributed by atoms with Gasteiger partial charge in [0.1, 0.15) is 5.82 Å². The molecule has 2 amide bonds. The predicted octanol–water partition coefficient (Wildman–Crippen LogP) is 3.00. The highest BCUT2D eigenvalue weighted by Crippen LogP contribution is 2.24. The summed E-state index contributed by atoms with van der Waals surface area (Å²) in [6, 6.07) is 6.01. The minimum atomic E-state index is -2.66. The number of nitrogens with zero attached hydrogens (tertiary/aromatic N) is 2. The van der Waals surface area contributed by atoms with Crippen LogP contribution >= 0.6 is 0 Å². The average molecular weight is 348 g/mol. The zero-order valence-corrected chi connectivity index (χ0v) is 13.3. The molecule has 0 fully saturated rings. The number of nitrogens with one attached hydrogen (secondary N) is 2. The fraction of sp³-hybridized carbons (Fsp3) is 0.294. The van der Waals surface area contributed by atoms with Crippen molar-refractivity contribution in [2.75, 3.05) is 11.9 Å². The number of imidazole rings is 1. The number of anilines is 1. The number of halogens is 2. The standard InChI is InChI=1S/C17H18F2N4O2/c18-16(19)23-8-7-20-15(23)12-2-5-13(6-3-12)21-17(25)22-14-4-1-11(9-14)10-24/h1-8,11,14,16,24H,9-10H2,(H2,21,22,25)/t11-,14+/m0/s1. The minimum absolute atomic E-state index is 0.0616. The van der Waals surface area contributed by atoms with Gasteiger partial charge in [0, 0.05) is 42.2 Å². The average Bonchev–Trinajstić information content (AvgIpc) is 3.24. The van der Waals surface area contributed by atoms with E-state index in [1.807, 2.05) is 12.2 Å². The number of aliphatic hydroxyl groups excluding tert-OH is 1. The summed E-state index contributed by atoms with van der Waals surface area (Å²) in [6.07, 6.45) is 6.93. The second-order valence-electron chi connectivity index (χ2n) is 5.78. The van der Waals surface area contributed by atoms with Gasteiger partial charge in [0.2, 0.25) is 0 Å². The van der Waals surface area contributed by atoms with Gasteiger partial charge in [-0.25, -0.2) is 9.78 Å². The summed E-state index contributed by atoms with van der Waals surface area (Å²) in [4.78, 5) is 15.9. The summed E-state index contributed by atoms with van der Waals surface area (Å²) in [6.45, 7) is -2.60.